The third-order valence-corrected chi connectivity index (χ3v) is 7.11. The highest BCUT2D eigenvalue weighted by Crippen LogP contribution is 2.57. The molecule has 0 amide bonds. The van der Waals surface area contributed by atoms with E-state index in [0.717, 1.165) is 0 Å². The number of rotatable bonds is 10. The molecule has 0 spiro atoms. The van der Waals surface area contributed by atoms with Gasteiger partial charge in [-0.25, -0.2) is 0 Å². The zero-order valence-corrected chi connectivity index (χ0v) is 20.8. The molecule has 0 aliphatic rings. The number of nitrogens with zero attached hydrogens (tertiary/aromatic N) is 5. The average molecular weight is 559 g/mol. The summed E-state index contributed by atoms with van der Waals surface area (Å²) in [5, 5.41) is 57.0. The maximum Gasteiger partial charge on any atom is 0.324 e. The van der Waals surface area contributed by atoms with Gasteiger partial charge in [0.1, 0.15) is 0 Å². The highest BCUT2D eigenvalue weighted by Gasteiger charge is 2.35. The molecular formula is C22H17N5O11S. The average Bonchev–Trinajstić information content (AvgIpc) is 2.86. The van der Waals surface area contributed by atoms with Crippen molar-refractivity contribution in [3.8, 4) is 5.75 Å². The SMILES string of the molecule is CS(C)(O[N+](=O)c1cc([N+](=O)[O-])cc([N+](=O)[O-])c1[O-])/C(=C/c1ccc([N+](=O)[O-])cc1)c1ccc([N+](=O)[O-])cc1. The summed E-state index contributed by atoms with van der Waals surface area (Å²) in [6.45, 7) is 0. The summed E-state index contributed by atoms with van der Waals surface area (Å²) < 4.78 is 5.51. The molecule has 0 saturated carbocycles. The van der Waals surface area contributed by atoms with Crippen molar-refractivity contribution in [1.29, 1.82) is 0 Å². The summed E-state index contributed by atoms with van der Waals surface area (Å²) in [4.78, 5) is 54.0. The van der Waals surface area contributed by atoms with Crippen LogP contribution < -0.4 is 5.11 Å². The lowest BCUT2D eigenvalue weighted by Gasteiger charge is -2.27. The molecule has 0 aromatic heterocycles. The van der Waals surface area contributed by atoms with Crippen molar-refractivity contribution in [3.63, 3.8) is 0 Å². The van der Waals surface area contributed by atoms with E-state index in [-0.39, 0.29) is 21.2 Å². The maximum absolute atomic E-state index is 13.0. The fourth-order valence-electron chi connectivity index (χ4n) is 3.31. The van der Waals surface area contributed by atoms with Gasteiger partial charge in [-0.05, 0) is 41.5 Å². The number of non-ortho nitro benzene ring substituents is 3. The van der Waals surface area contributed by atoms with Crippen LogP contribution in [0, 0.1) is 45.4 Å². The van der Waals surface area contributed by atoms with Crippen LogP contribution in [-0.2, 0) is 4.28 Å². The second kappa shape index (κ2) is 10.9. The Morgan fingerprint density at radius 1 is 0.692 bits per heavy atom. The van der Waals surface area contributed by atoms with Crippen LogP contribution in [0.1, 0.15) is 11.1 Å². The number of nitro groups is 4. The van der Waals surface area contributed by atoms with Gasteiger partial charge in [-0.3, -0.25) is 40.5 Å². The van der Waals surface area contributed by atoms with Gasteiger partial charge < -0.3 is 5.11 Å². The van der Waals surface area contributed by atoms with Crippen molar-refractivity contribution in [2.45, 2.75) is 0 Å². The third kappa shape index (κ3) is 6.28. The highest BCUT2D eigenvalue weighted by molar-refractivity contribution is 8.36. The number of benzene rings is 3. The largest absolute Gasteiger partial charge is 0.863 e. The molecule has 16 nitrogen and oxygen atoms in total. The van der Waals surface area contributed by atoms with E-state index >= 15 is 0 Å². The minimum atomic E-state index is -2.77. The van der Waals surface area contributed by atoms with E-state index in [1.165, 1.54) is 67.1 Å². The van der Waals surface area contributed by atoms with Crippen LogP contribution in [0.25, 0.3) is 11.0 Å². The summed E-state index contributed by atoms with van der Waals surface area (Å²) in [6, 6.07) is 11.4. The lowest BCUT2D eigenvalue weighted by Crippen LogP contribution is -2.13. The van der Waals surface area contributed by atoms with E-state index in [1.807, 2.05) is 0 Å². The van der Waals surface area contributed by atoms with Gasteiger partial charge in [0.25, 0.3) is 27.7 Å². The fraction of sp³-hybridized carbons (Fsp3) is 0.0909. The van der Waals surface area contributed by atoms with Crippen LogP contribution in [0.4, 0.5) is 28.4 Å². The predicted octanol–water partition coefficient (Wildman–Crippen LogP) is 4.91. The molecule has 0 heterocycles. The molecule has 0 atom stereocenters. The van der Waals surface area contributed by atoms with Gasteiger partial charge in [-0.2, -0.15) is 4.28 Å². The van der Waals surface area contributed by atoms with Gasteiger partial charge in [0.15, 0.2) is 0 Å². The van der Waals surface area contributed by atoms with Crippen molar-refractivity contribution in [1.82, 2.24) is 0 Å². The minimum Gasteiger partial charge on any atom is -0.863 e. The first-order chi connectivity index (χ1) is 18.2. The van der Waals surface area contributed by atoms with Gasteiger partial charge in [-0.15, -0.1) is 0 Å². The van der Waals surface area contributed by atoms with Crippen LogP contribution >= 0.6 is 10.3 Å². The molecule has 0 aliphatic carbocycles. The molecule has 39 heavy (non-hydrogen) atoms. The first-order valence-electron chi connectivity index (χ1n) is 10.5. The molecule has 0 radical (unpaired) electrons. The predicted molar refractivity (Wildman–Crippen MR) is 137 cm³/mol. The van der Waals surface area contributed by atoms with Crippen molar-refractivity contribution in [2.75, 3.05) is 12.5 Å². The Bertz CT molecular complexity index is 1540. The fourth-order valence-corrected chi connectivity index (χ4v) is 4.93. The Kier molecular flexibility index (Phi) is 7.85. The van der Waals surface area contributed by atoms with Gasteiger partial charge >= 0.3 is 5.69 Å². The van der Waals surface area contributed by atoms with Crippen molar-refractivity contribution < 1.29 is 34.0 Å². The van der Waals surface area contributed by atoms with E-state index in [0.29, 0.717) is 23.3 Å². The Labute approximate surface area is 219 Å². The molecular weight excluding hydrogens is 542 g/mol. The number of hydrogen-bond donors (Lipinski definition) is 0. The molecule has 0 unspecified atom stereocenters. The number of hydrogen-bond acceptors (Lipinski definition) is 11. The van der Waals surface area contributed by atoms with E-state index < -0.39 is 52.8 Å². The lowest BCUT2D eigenvalue weighted by atomic mass is 10.1. The summed E-state index contributed by atoms with van der Waals surface area (Å²) in [7, 11) is -2.77. The second-order valence-electron chi connectivity index (χ2n) is 8.05. The van der Waals surface area contributed by atoms with Crippen LogP contribution in [0.15, 0.2) is 60.7 Å². The molecule has 3 aromatic rings. The molecule has 0 saturated heterocycles. The lowest BCUT2D eigenvalue weighted by molar-refractivity contribution is -0.698. The van der Waals surface area contributed by atoms with Gasteiger partial charge in [0.2, 0.25) is 0 Å². The monoisotopic (exact) mass is 559 g/mol. The normalized spacial score (nSPS) is 11.9. The van der Waals surface area contributed by atoms with E-state index in [1.54, 1.807) is 0 Å². The topological polar surface area (TPSA) is 225 Å². The van der Waals surface area contributed by atoms with Gasteiger partial charge in [0, 0.05) is 52.0 Å². The van der Waals surface area contributed by atoms with E-state index in [4.69, 9.17) is 4.28 Å². The Morgan fingerprint density at radius 2 is 1.15 bits per heavy atom. The summed E-state index contributed by atoms with van der Waals surface area (Å²) >= 11 is 0. The summed E-state index contributed by atoms with van der Waals surface area (Å²) in [5.74, 6) is -1.41. The van der Waals surface area contributed by atoms with Crippen LogP contribution in [0.5, 0.6) is 5.75 Å². The Balaban J connectivity index is 2.11. The summed E-state index contributed by atoms with van der Waals surface area (Å²) in [5.41, 5.74) is -2.74. The zero-order valence-electron chi connectivity index (χ0n) is 20.0. The molecule has 202 valence electrons. The molecule has 0 N–H and O–H groups in total. The summed E-state index contributed by atoms with van der Waals surface area (Å²) in [6.07, 6.45) is 4.40. The third-order valence-electron chi connectivity index (χ3n) is 5.19. The Morgan fingerprint density at radius 3 is 1.62 bits per heavy atom. The first kappa shape index (κ1) is 28.1. The minimum absolute atomic E-state index is 0.187. The molecule has 3 aromatic carbocycles. The van der Waals surface area contributed by atoms with Gasteiger partial charge in [0.05, 0.1) is 42.5 Å². The van der Waals surface area contributed by atoms with Crippen LogP contribution in [-0.4, -0.2) is 37.1 Å². The standard InChI is InChI=1S/C22H17N5O11S/c1-39(2,38-27(37)20-13-18(25(33)34)12-19(22(20)28)26(35)36)21(15-5-9-17(10-6-15)24(31)32)11-14-3-7-16(8-4-14)23(29)30/h3-13H,1-2H3/b21-11+. The molecule has 3 rings (SSSR count). The molecule has 0 aliphatic heterocycles. The highest BCUT2D eigenvalue weighted by atomic mass is 32.3. The maximum atomic E-state index is 13.0. The first-order valence-corrected chi connectivity index (χ1v) is 12.8. The molecule has 17 heteroatoms. The van der Waals surface area contributed by atoms with E-state index in [9.17, 15) is 50.5 Å². The van der Waals surface area contributed by atoms with Gasteiger partial charge in [-0.1, -0.05) is 0 Å². The van der Waals surface area contributed by atoms with Crippen LogP contribution in [0.3, 0.4) is 0 Å². The second-order valence-corrected chi connectivity index (χ2v) is 11.1. The van der Waals surface area contributed by atoms with Crippen molar-refractivity contribution >= 4 is 49.7 Å². The number of nitro benzene ring substituents is 4. The van der Waals surface area contributed by atoms with Crippen molar-refractivity contribution in [3.05, 3.63) is 117 Å². The molecule has 0 fully saturated rings. The Hall–Kier alpha value is -5.45. The smallest absolute Gasteiger partial charge is 0.324 e. The van der Waals surface area contributed by atoms with Crippen LogP contribution in [0.2, 0.25) is 0 Å². The molecule has 0 bridgehead atoms. The van der Waals surface area contributed by atoms with E-state index in [2.05, 4.69) is 0 Å². The zero-order chi connectivity index (χ0) is 29.1. The van der Waals surface area contributed by atoms with Crippen molar-refractivity contribution in [2.24, 2.45) is 0 Å². The quantitative estimate of drug-likeness (QED) is 0.184.